The maximum atomic E-state index is 9.92. The molecule has 0 atom stereocenters. The fourth-order valence-corrected chi connectivity index (χ4v) is 0.204. The average molecular weight is 183 g/mol. The van der Waals surface area contributed by atoms with E-state index in [1.807, 2.05) is 0 Å². The van der Waals surface area contributed by atoms with Gasteiger partial charge >= 0.3 is 10.4 Å². The van der Waals surface area contributed by atoms with Crippen molar-refractivity contribution in [1.82, 2.24) is 0 Å². The fraction of sp³-hybridized carbons (Fsp3) is 0.600. The van der Waals surface area contributed by atoms with Gasteiger partial charge in [-0.1, -0.05) is 6.08 Å². The van der Waals surface area contributed by atoms with Crippen LogP contribution in [0.1, 0.15) is 0 Å². The Morgan fingerprint density at radius 2 is 1.73 bits per heavy atom. The maximum Gasteiger partial charge on any atom is 0.399 e. The van der Waals surface area contributed by atoms with Gasteiger partial charge in [0.2, 0.25) is 0 Å². The summed E-state index contributed by atoms with van der Waals surface area (Å²) < 4.78 is 27.5. The van der Waals surface area contributed by atoms with E-state index in [2.05, 4.69) is 14.9 Å². The Hall–Kier alpha value is -0.430. The third kappa shape index (κ3) is 12.7. The Bertz CT molecular complexity index is 165. The third-order valence-electron chi connectivity index (χ3n) is 0.575. The molecule has 0 aromatic rings. The zero-order valence-electron chi connectivity index (χ0n) is 6.61. The molecule has 11 heavy (non-hydrogen) atoms. The molecule has 68 valence electrons. The van der Waals surface area contributed by atoms with Crippen LogP contribution in [-0.2, 0) is 18.8 Å². The highest BCUT2D eigenvalue weighted by Crippen LogP contribution is 1.85. The van der Waals surface area contributed by atoms with Gasteiger partial charge in [-0.05, 0) is 0 Å². The lowest BCUT2D eigenvalue weighted by molar-refractivity contribution is 0.286. The second-order valence-corrected chi connectivity index (χ2v) is 2.75. The number of hydrogen-bond acceptors (Lipinski definition) is 5. The molecule has 0 aromatic carbocycles. The molecule has 2 N–H and O–H groups in total. The molecule has 0 spiro atoms. The van der Waals surface area contributed by atoms with E-state index in [-0.39, 0.29) is 0 Å². The van der Waals surface area contributed by atoms with Crippen LogP contribution in [0.3, 0.4) is 0 Å². The lowest BCUT2D eigenvalue weighted by Crippen LogP contribution is -2.02. The van der Waals surface area contributed by atoms with Gasteiger partial charge in [0.15, 0.2) is 0 Å². The molecule has 0 radical (unpaired) electrons. The quantitative estimate of drug-likeness (QED) is 0.605. The highest BCUT2D eigenvalue weighted by molar-refractivity contribution is 7.81. The molecule has 0 aromatic heterocycles. The van der Waals surface area contributed by atoms with Crippen LogP contribution in [0.5, 0.6) is 0 Å². The zero-order valence-corrected chi connectivity index (χ0v) is 7.43. The Morgan fingerprint density at radius 1 is 1.45 bits per heavy atom. The predicted octanol–water partition coefficient (Wildman–Crippen LogP) is -0.345. The predicted molar refractivity (Wildman–Crippen MR) is 42.2 cm³/mol. The summed E-state index contributed by atoms with van der Waals surface area (Å²) in [6.45, 7) is 3.94. The van der Waals surface area contributed by atoms with Crippen LogP contribution in [0.4, 0.5) is 0 Å². The van der Waals surface area contributed by atoms with E-state index in [1.165, 1.54) is 0 Å². The van der Waals surface area contributed by atoms with E-state index in [0.29, 0.717) is 6.54 Å². The summed E-state index contributed by atoms with van der Waals surface area (Å²) >= 11 is 0. The maximum absolute atomic E-state index is 9.92. The molecule has 0 heterocycles. The van der Waals surface area contributed by atoms with Gasteiger partial charge in [0.25, 0.3) is 0 Å². The van der Waals surface area contributed by atoms with Gasteiger partial charge in [-0.25, -0.2) is 0 Å². The molecule has 0 amide bonds. The summed E-state index contributed by atoms with van der Waals surface area (Å²) in [5, 5.41) is 0. The van der Waals surface area contributed by atoms with Gasteiger partial charge in [-0.2, -0.15) is 8.42 Å². The Morgan fingerprint density at radius 3 is 1.73 bits per heavy atom. The molecule has 0 bridgehead atoms. The molecule has 0 fully saturated rings. The monoisotopic (exact) mass is 183 g/mol. The van der Waals surface area contributed by atoms with E-state index in [0.717, 1.165) is 14.2 Å². The third-order valence-corrected chi connectivity index (χ3v) is 1.39. The van der Waals surface area contributed by atoms with Crippen molar-refractivity contribution in [2.24, 2.45) is 5.73 Å². The lowest BCUT2D eigenvalue weighted by atomic mass is 10.7. The van der Waals surface area contributed by atoms with Gasteiger partial charge in [-0.3, -0.25) is 8.37 Å². The van der Waals surface area contributed by atoms with Crippen LogP contribution in [0.15, 0.2) is 12.7 Å². The molecule has 0 aliphatic rings. The van der Waals surface area contributed by atoms with Crippen LogP contribution in [0.25, 0.3) is 0 Å². The van der Waals surface area contributed by atoms with Crippen LogP contribution in [-0.4, -0.2) is 29.2 Å². The molecule has 0 saturated heterocycles. The normalized spacial score (nSPS) is 9.73. The SMILES string of the molecule is C=CCN.COS(=O)(=O)OC. The van der Waals surface area contributed by atoms with Crippen molar-refractivity contribution in [2.45, 2.75) is 0 Å². The van der Waals surface area contributed by atoms with Crippen LogP contribution in [0, 0.1) is 0 Å². The number of hydrogen-bond donors (Lipinski definition) is 1. The zero-order chi connectivity index (χ0) is 9.33. The van der Waals surface area contributed by atoms with Gasteiger partial charge in [-0.15, -0.1) is 6.58 Å². The first-order valence-corrected chi connectivity index (χ1v) is 4.04. The lowest BCUT2D eigenvalue weighted by Gasteiger charge is -1.91. The van der Waals surface area contributed by atoms with Crippen LogP contribution >= 0.6 is 0 Å². The molecule has 0 rings (SSSR count). The Labute approximate surface area is 67.1 Å². The first kappa shape index (κ1) is 13.2. The molecule has 0 aliphatic heterocycles. The van der Waals surface area contributed by atoms with Crippen LogP contribution < -0.4 is 5.73 Å². The van der Waals surface area contributed by atoms with Gasteiger partial charge < -0.3 is 5.73 Å². The summed E-state index contributed by atoms with van der Waals surface area (Å²) in [5.74, 6) is 0. The second-order valence-electron chi connectivity index (χ2n) is 1.27. The summed E-state index contributed by atoms with van der Waals surface area (Å²) in [7, 11) is -1.60. The van der Waals surface area contributed by atoms with Gasteiger partial charge in [0, 0.05) is 6.54 Å². The standard InChI is InChI=1S/C3H7N.C2H6O4S/c1-2-3-4;1-5-7(3,4)6-2/h2H,1,3-4H2;1-2H3. The molecule has 0 saturated carbocycles. The highest BCUT2D eigenvalue weighted by Gasteiger charge is 2.01. The van der Waals surface area contributed by atoms with E-state index in [9.17, 15) is 8.42 Å². The number of nitrogens with two attached hydrogens (primary N) is 1. The van der Waals surface area contributed by atoms with E-state index < -0.39 is 10.4 Å². The highest BCUT2D eigenvalue weighted by atomic mass is 32.3. The summed E-state index contributed by atoms with van der Waals surface area (Å²) in [5.41, 5.74) is 4.91. The van der Waals surface area contributed by atoms with E-state index >= 15 is 0 Å². The van der Waals surface area contributed by atoms with Crippen molar-refractivity contribution in [3.05, 3.63) is 12.7 Å². The minimum absolute atomic E-state index is 0.583. The smallest absolute Gasteiger partial charge is 0.327 e. The fourth-order valence-electron chi connectivity index (χ4n) is 0.0680. The topological polar surface area (TPSA) is 78.6 Å². The van der Waals surface area contributed by atoms with E-state index in [4.69, 9.17) is 5.73 Å². The molecule has 6 heteroatoms. The molecule has 0 aliphatic carbocycles. The van der Waals surface area contributed by atoms with Crippen molar-refractivity contribution in [2.75, 3.05) is 20.8 Å². The minimum atomic E-state index is -3.66. The van der Waals surface area contributed by atoms with Crippen molar-refractivity contribution in [3.8, 4) is 0 Å². The molecule has 5 nitrogen and oxygen atoms in total. The summed E-state index contributed by atoms with van der Waals surface area (Å²) in [6.07, 6.45) is 1.65. The number of rotatable bonds is 3. The van der Waals surface area contributed by atoms with Crippen molar-refractivity contribution >= 4 is 10.4 Å². The summed E-state index contributed by atoms with van der Waals surface area (Å²) in [4.78, 5) is 0. The first-order chi connectivity index (χ1) is 5.04. The van der Waals surface area contributed by atoms with E-state index in [1.54, 1.807) is 6.08 Å². The van der Waals surface area contributed by atoms with Gasteiger partial charge in [0.1, 0.15) is 0 Å². The molecule has 0 unspecified atom stereocenters. The molecular weight excluding hydrogens is 170 g/mol. The van der Waals surface area contributed by atoms with Crippen molar-refractivity contribution in [1.29, 1.82) is 0 Å². The Kier molecular flexibility index (Phi) is 9.20. The summed E-state index contributed by atoms with van der Waals surface area (Å²) in [6, 6.07) is 0. The Balaban J connectivity index is 0. The second kappa shape index (κ2) is 7.67. The van der Waals surface area contributed by atoms with Gasteiger partial charge in [0.05, 0.1) is 14.2 Å². The van der Waals surface area contributed by atoms with Crippen LogP contribution in [0.2, 0.25) is 0 Å². The van der Waals surface area contributed by atoms with Crippen molar-refractivity contribution < 1.29 is 16.8 Å². The average Bonchev–Trinajstić information content (AvgIpc) is 2.05. The largest absolute Gasteiger partial charge is 0.399 e. The molecular formula is C5H13NO4S. The minimum Gasteiger partial charge on any atom is -0.327 e. The van der Waals surface area contributed by atoms with Crippen molar-refractivity contribution in [3.63, 3.8) is 0 Å². The first-order valence-electron chi connectivity index (χ1n) is 2.71.